The summed E-state index contributed by atoms with van der Waals surface area (Å²) in [6, 6.07) is 0.150. The van der Waals surface area contributed by atoms with Crippen molar-refractivity contribution in [2.45, 2.75) is 19.9 Å². The molecular formula is C12H27NO4. The van der Waals surface area contributed by atoms with Gasteiger partial charge in [0.1, 0.15) is 0 Å². The van der Waals surface area contributed by atoms with Crippen molar-refractivity contribution >= 4 is 0 Å². The second-order valence-corrected chi connectivity index (χ2v) is 4.20. The Balaban J connectivity index is 3.17. The van der Waals surface area contributed by atoms with Gasteiger partial charge in [0, 0.05) is 19.7 Å². The van der Waals surface area contributed by atoms with E-state index in [4.69, 9.17) is 19.3 Å². The van der Waals surface area contributed by atoms with Crippen LogP contribution in [0.3, 0.4) is 0 Å². The minimum Gasteiger partial charge on any atom is -0.395 e. The van der Waals surface area contributed by atoms with E-state index in [9.17, 15) is 0 Å². The fraction of sp³-hybridized carbons (Fsp3) is 1.00. The van der Waals surface area contributed by atoms with E-state index < -0.39 is 0 Å². The van der Waals surface area contributed by atoms with Crippen LogP contribution in [-0.4, -0.2) is 64.4 Å². The van der Waals surface area contributed by atoms with Crippen LogP contribution in [0.4, 0.5) is 0 Å². The molecule has 0 aromatic carbocycles. The molecule has 0 aliphatic rings. The lowest BCUT2D eigenvalue weighted by Gasteiger charge is -2.19. The molecule has 0 heterocycles. The molecule has 0 radical (unpaired) electrons. The van der Waals surface area contributed by atoms with Crippen LogP contribution >= 0.6 is 0 Å². The Hall–Kier alpha value is -0.200. The molecule has 0 aromatic rings. The van der Waals surface area contributed by atoms with E-state index in [1.807, 2.05) is 0 Å². The van der Waals surface area contributed by atoms with Crippen molar-refractivity contribution in [3.63, 3.8) is 0 Å². The van der Waals surface area contributed by atoms with Crippen LogP contribution in [-0.2, 0) is 14.2 Å². The highest BCUT2D eigenvalue weighted by Gasteiger charge is 2.09. The Labute approximate surface area is 104 Å². The van der Waals surface area contributed by atoms with Gasteiger partial charge >= 0.3 is 0 Å². The molecule has 0 bridgehead atoms. The molecule has 1 unspecified atom stereocenters. The van der Waals surface area contributed by atoms with E-state index in [1.54, 1.807) is 7.11 Å². The smallest absolute Gasteiger partial charge is 0.0701 e. The zero-order valence-corrected chi connectivity index (χ0v) is 11.3. The largest absolute Gasteiger partial charge is 0.395 e. The molecule has 5 nitrogen and oxygen atoms in total. The van der Waals surface area contributed by atoms with Gasteiger partial charge in [-0.15, -0.1) is 0 Å². The Morgan fingerprint density at radius 2 is 1.59 bits per heavy atom. The predicted molar refractivity (Wildman–Crippen MR) is 67.2 cm³/mol. The number of methoxy groups -OCH3 is 1. The van der Waals surface area contributed by atoms with Gasteiger partial charge in [-0.1, -0.05) is 13.8 Å². The molecule has 104 valence electrons. The van der Waals surface area contributed by atoms with E-state index in [2.05, 4.69) is 19.2 Å². The summed E-state index contributed by atoms with van der Waals surface area (Å²) in [5.41, 5.74) is 0. The first-order valence-electron chi connectivity index (χ1n) is 6.21. The van der Waals surface area contributed by atoms with Crippen LogP contribution in [0.15, 0.2) is 0 Å². The zero-order chi connectivity index (χ0) is 12.9. The molecule has 0 saturated heterocycles. The molecule has 2 N–H and O–H groups in total. The molecule has 0 aromatic heterocycles. The molecule has 0 rings (SSSR count). The lowest BCUT2D eigenvalue weighted by atomic mass is 10.1. The van der Waals surface area contributed by atoms with E-state index in [1.165, 1.54) is 0 Å². The molecule has 0 saturated carbocycles. The summed E-state index contributed by atoms with van der Waals surface area (Å²) in [6.07, 6.45) is 0. The number of aliphatic hydroxyl groups is 1. The molecule has 0 fully saturated rings. The van der Waals surface area contributed by atoms with Crippen molar-refractivity contribution in [2.24, 2.45) is 5.92 Å². The normalized spacial score (nSPS) is 13.2. The van der Waals surface area contributed by atoms with Crippen molar-refractivity contribution in [1.29, 1.82) is 0 Å². The topological polar surface area (TPSA) is 60.0 Å². The van der Waals surface area contributed by atoms with Gasteiger partial charge in [-0.05, 0) is 5.92 Å². The summed E-state index contributed by atoms with van der Waals surface area (Å²) in [5, 5.41) is 12.3. The second kappa shape index (κ2) is 12.3. The number of rotatable bonds is 12. The third kappa shape index (κ3) is 10.7. The van der Waals surface area contributed by atoms with Crippen molar-refractivity contribution in [3.05, 3.63) is 0 Å². The summed E-state index contributed by atoms with van der Waals surface area (Å²) in [7, 11) is 1.65. The van der Waals surface area contributed by atoms with Gasteiger partial charge in [0.15, 0.2) is 0 Å². The Morgan fingerprint density at radius 1 is 1.00 bits per heavy atom. The first kappa shape index (κ1) is 16.8. The van der Waals surface area contributed by atoms with Gasteiger partial charge in [-0.3, -0.25) is 0 Å². The molecule has 0 aliphatic heterocycles. The molecule has 0 spiro atoms. The van der Waals surface area contributed by atoms with E-state index in [0.717, 1.165) is 6.54 Å². The number of hydrogen-bond donors (Lipinski definition) is 2. The maximum atomic E-state index is 9.08. The van der Waals surface area contributed by atoms with Gasteiger partial charge in [0.2, 0.25) is 0 Å². The van der Waals surface area contributed by atoms with E-state index in [-0.39, 0.29) is 12.6 Å². The fourth-order valence-corrected chi connectivity index (χ4v) is 1.29. The highest BCUT2D eigenvalue weighted by molar-refractivity contribution is 4.68. The lowest BCUT2D eigenvalue weighted by Crippen LogP contribution is -2.39. The average molecular weight is 249 g/mol. The van der Waals surface area contributed by atoms with Crippen LogP contribution in [0, 0.1) is 5.92 Å². The number of nitrogens with one attached hydrogen (secondary N) is 1. The Morgan fingerprint density at radius 3 is 2.12 bits per heavy atom. The second-order valence-electron chi connectivity index (χ2n) is 4.20. The Bertz CT molecular complexity index is 155. The molecule has 1 atom stereocenters. The van der Waals surface area contributed by atoms with Crippen LogP contribution < -0.4 is 5.32 Å². The third-order valence-electron chi connectivity index (χ3n) is 2.46. The quantitative estimate of drug-likeness (QED) is 0.486. The minimum absolute atomic E-state index is 0.150. The highest BCUT2D eigenvalue weighted by atomic mass is 16.5. The minimum atomic E-state index is 0.150. The average Bonchev–Trinajstić information content (AvgIpc) is 2.31. The molecule has 0 amide bonds. The Kier molecular flexibility index (Phi) is 12.1. The van der Waals surface area contributed by atoms with Crippen molar-refractivity contribution in [2.75, 3.05) is 53.3 Å². The SMILES string of the molecule is COCCOCCOCCNC(CO)C(C)C. The maximum absolute atomic E-state index is 9.08. The third-order valence-corrected chi connectivity index (χ3v) is 2.46. The van der Waals surface area contributed by atoms with Gasteiger partial charge in [0.25, 0.3) is 0 Å². The van der Waals surface area contributed by atoms with Crippen LogP contribution in [0.5, 0.6) is 0 Å². The summed E-state index contributed by atoms with van der Waals surface area (Å²) < 4.78 is 15.5. The number of ether oxygens (including phenoxy) is 3. The van der Waals surface area contributed by atoms with Gasteiger partial charge in [0.05, 0.1) is 39.6 Å². The van der Waals surface area contributed by atoms with Crippen molar-refractivity contribution in [1.82, 2.24) is 5.32 Å². The zero-order valence-electron chi connectivity index (χ0n) is 11.3. The number of aliphatic hydroxyl groups excluding tert-OH is 1. The predicted octanol–water partition coefficient (Wildman–Crippen LogP) is 0.273. The molecular weight excluding hydrogens is 222 g/mol. The molecule has 17 heavy (non-hydrogen) atoms. The van der Waals surface area contributed by atoms with Crippen LogP contribution in [0.25, 0.3) is 0 Å². The van der Waals surface area contributed by atoms with Crippen molar-refractivity contribution in [3.8, 4) is 0 Å². The highest BCUT2D eigenvalue weighted by Crippen LogP contribution is 1.99. The lowest BCUT2D eigenvalue weighted by molar-refractivity contribution is 0.0246. The van der Waals surface area contributed by atoms with E-state index in [0.29, 0.717) is 39.0 Å². The fourth-order valence-electron chi connectivity index (χ4n) is 1.29. The van der Waals surface area contributed by atoms with Gasteiger partial charge in [-0.2, -0.15) is 0 Å². The van der Waals surface area contributed by atoms with Gasteiger partial charge in [-0.25, -0.2) is 0 Å². The van der Waals surface area contributed by atoms with Crippen LogP contribution in [0.1, 0.15) is 13.8 Å². The summed E-state index contributed by atoms with van der Waals surface area (Å²) in [4.78, 5) is 0. The summed E-state index contributed by atoms with van der Waals surface area (Å²) in [5.74, 6) is 0.428. The first-order chi connectivity index (χ1) is 8.22. The number of hydrogen-bond acceptors (Lipinski definition) is 5. The van der Waals surface area contributed by atoms with Crippen molar-refractivity contribution < 1.29 is 19.3 Å². The monoisotopic (exact) mass is 249 g/mol. The first-order valence-corrected chi connectivity index (χ1v) is 6.21. The standard InChI is InChI=1S/C12H27NO4/c1-11(2)12(10-14)13-4-5-16-8-9-17-7-6-15-3/h11-14H,4-10H2,1-3H3. The molecule has 0 aliphatic carbocycles. The van der Waals surface area contributed by atoms with Gasteiger partial charge < -0.3 is 24.6 Å². The van der Waals surface area contributed by atoms with Crippen LogP contribution in [0.2, 0.25) is 0 Å². The van der Waals surface area contributed by atoms with E-state index >= 15 is 0 Å². The summed E-state index contributed by atoms with van der Waals surface area (Å²) in [6.45, 7) is 8.13. The molecule has 5 heteroatoms. The summed E-state index contributed by atoms with van der Waals surface area (Å²) >= 11 is 0. The maximum Gasteiger partial charge on any atom is 0.0701 e.